The van der Waals surface area contributed by atoms with Gasteiger partial charge in [-0.3, -0.25) is 4.79 Å². The van der Waals surface area contributed by atoms with Crippen LogP contribution in [0.15, 0.2) is 33.3 Å². The Morgan fingerprint density at radius 2 is 1.90 bits per heavy atom. The van der Waals surface area contributed by atoms with E-state index in [2.05, 4.69) is 42.2 Å². The summed E-state index contributed by atoms with van der Waals surface area (Å²) in [6.07, 6.45) is 0.962. The first-order chi connectivity index (χ1) is 9.38. The maximum Gasteiger partial charge on any atom is 0.259 e. The number of carbonyl (C=O) groups excluding carboxylic acids is 1. The number of rotatable bonds is 2. The molecule has 4 nitrogen and oxygen atoms in total. The van der Waals surface area contributed by atoms with Crippen molar-refractivity contribution in [2.75, 3.05) is 11.1 Å². The molecule has 2 aromatic rings. The van der Waals surface area contributed by atoms with E-state index in [9.17, 15) is 9.18 Å². The highest BCUT2D eigenvalue weighted by atomic mass is 79.9. The summed E-state index contributed by atoms with van der Waals surface area (Å²) >= 11 is 6.73. The van der Waals surface area contributed by atoms with E-state index in [-0.39, 0.29) is 11.4 Å². The lowest BCUT2D eigenvalue weighted by atomic mass is 10.2. The fourth-order valence-corrected chi connectivity index (χ4v) is 3.25. The van der Waals surface area contributed by atoms with E-state index < -0.39 is 11.7 Å². The standard InChI is InChI=1S/C13H10Br2FN3O/c1-6-2-9(14)11(10(15)3-6)19-13(20)8-4-7(16)5-18-12(8)17/h2-5H,1H3,(H2,17,18)(H,19,20). The van der Waals surface area contributed by atoms with Crippen molar-refractivity contribution in [2.45, 2.75) is 6.92 Å². The Balaban J connectivity index is 2.35. The molecule has 2 rings (SSSR count). The third-order valence-electron chi connectivity index (χ3n) is 2.55. The number of halogens is 3. The Morgan fingerprint density at radius 3 is 2.50 bits per heavy atom. The van der Waals surface area contributed by atoms with E-state index >= 15 is 0 Å². The number of benzene rings is 1. The molecule has 1 heterocycles. The van der Waals surface area contributed by atoms with Gasteiger partial charge in [-0.1, -0.05) is 0 Å². The molecule has 7 heteroatoms. The van der Waals surface area contributed by atoms with Crippen LogP contribution in [-0.4, -0.2) is 10.9 Å². The largest absolute Gasteiger partial charge is 0.383 e. The number of nitrogen functional groups attached to an aromatic ring is 1. The molecule has 1 aromatic heterocycles. The van der Waals surface area contributed by atoms with Crippen molar-refractivity contribution in [3.63, 3.8) is 0 Å². The molecule has 0 aliphatic carbocycles. The summed E-state index contributed by atoms with van der Waals surface area (Å²) in [6.45, 7) is 1.93. The number of anilines is 2. The summed E-state index contributed by atoms with van der Waals surface area (Å²) < 4.78 is 14.6. The molecule has 0 spiro atoms. The van der Waals surface area contributed by atoms with Crippen LogP contribution < -0.4 is 11.1 Å². The predicted molar refractivity (Wildman–Crippen MR) is 83.1 cm³/mol. The quantitative estimate of drug-likeness (QED) is 0.800. The van der Waals surface area contributed by atoms with Crippen molar-refractivity contribution in [2.24, 2.45) is 0 Å². The summed E-state index contributed by atoms with van der Waals surface area (Å²) in [5.74, 6) is -1.17. The maximum absolute atomic E-state index is 13.1. The zero-order valence-electron chi connectivity index (χ0n) is 10.4. The summed E-state index contributed by atoms with van der Waals surface area (Å²) in [6, 6.07) is 4.76. The van der Waals surface area contributed by atoms with Gasteiger partial charge in [-0.25, -0.2) is 9.37 Å². The number of aryl methyl sites for hydroxylation is 1. The number of nitrogens with two attached hydrogens (primary N) is 1. The summed E-state index contributed by atoms with van der Waals surface area (Å²) in [4.78, 5) is 15.8. The first kappa shape index (κ1) is 14.9. The predicted octanol–water partition coefficient (Wildman–Crippen LogP) is 3.89. The van der Waals surface area contributed by atoms with Crippen LogP contribution in [0.1, 0.15) is 15.9 Å². The van der Waals surface area contributed by atoms with E-state index in [1.165, 1.54) is 0 Å². The van der Waals surface area contributed by atoms with Crippen LogP contribution in [0.2, 0.25) is 0 Å². The van der Waals surface area contributed by atoms with E-state index in [0.29, 0.717) is 14.6 Å². The lowest BCUT2D eigenvalue weighted by molar-refractivity contribution is 0.102. The van der Waals surface area contributed by atoms with Crippen molar-refractivity contribution in [1.29, 1.82) is 0 Å². The molecular formula is C13H10Br2FN3O. The molecule has 1 amide bonds. The van der Waals surface area contributed by atoms with Crippen LogP contribution in [-0.2, 0) is 0 Å². The van der Waals surface area contributed by atoms with E-state index in [1.54, 1.807) is 0 Å². The van der Waals surface area contributed by atoms with Crippen LogP contribution in [0, 0.1) is 12.7 Å². The first-order valence-electron chi connectivity index (χ1n) is 5.56. The third-order valence-corrected chi connectivity index (χ3v) is 3.81. The van der Waals surface area contributed by atoms with Gasteiger partial charge in [-0.2, -0.15) is 0 Å². The highest BCUT2D eigenvalue weighted by Crippen LogP contribution is 2.32. The molecule has 0 unspecified atom stereocenters. The van der Waals surface area contributed by atoms with Crippen molar-refractivity contribution in [1.82, 2.24) is 4.98 Å². The Kier molecular flexibility index (Phi) is 4.39. The monoisotopic (exact) mass is 401 g/mol. The van der Waals surface area contributed by atoms with Gasteiger partial charge in [0.1, 0.15) is 11.6 Å². The maximum atomic E-state index is 13.1. The number of hydrogen-bond acceptors (Lipinski definition) is 3. The highest BCUT2D eigenvalue weighted by molar-refractivity contribution is 9.11. The minimum atomic E-state index is -0.619. The number of hydrogen-bond donors (Lipinski definition) is 2. The van der Waals surface area contributed by atoms with Gasteiger partial charge in [0.15, 0.2) is 0 Å². The van der Waals surface area contributed by atoms with E-state index in [1.807, 2.05) is 19.1 Å². The van der Waals surface area contributed by atoms with Gasteiger partial charge in [0.25, 0.3) is 5.91 Å². The fourth-order valence-electron chi connectivity index (χ4n) is 1.63. The number of aromatic nitrogens is 1. The number of pyridine rings is 1. The molecule has 0 fully saturated rings. The van der Waals surface area contributed by atoms with Crippen LogP contribution >= 0.6 is 31.9 Å². The zero-order valence-corrected chi connectivity index (χ0v) is 13.5. The molecule has 0 bridgehead atoms. The highest BCUT2D eigenvalue weighted by Gasteiger charge is 2.15. The third kappa shape index (κ3) is 3.16. The molecule has 20 heavy (non-hydrogen) atoms. The second kappa shape index (κ2) is 5.88. The summed E-state index contributed by atoms with van der Waals surface area (Å²) in [5.41, 5.74) is 7.14. The van der Waals surface area contributed by atoms with Gasteiger partial charge < -0.3 is 11.1 Å². The SMILES string of the molecule is Cc1cc(Br)c(NC(=O)c2cc(F)cnc2N)c(Br)c1. The topological polar surface area (TPSA) is 68.0 Å². The molecule has 0 aliphatic rings. The summed E-state index contributed by atoms with van der Waals surface area (Å²) in [5, 5.41) is 2.67. The lowest BCUT2D eigenvalue weighted by Gasteiger charge is -2.11. The second-order valence-corrected chi connectivity index (χ2v) is 5.85. The molecule has 0 saturated carbocycles. The van der Waals surface area contributed by atoms with Crippen molar-refractivity contribution >= 4 is 49.3 Å². The van der Waals surface area contributed by atoms with Gasteiger partial charge in [-0.15, -0.1) is 0 Å². The molecule has 3 N–H and O–H groups in total. The van der Waals surface area contributed by atoms with Gasteiger partial charge in [-0.05, 0) is 62.5 Å². The Bertz CT molecular complexity index is 668. The second-order valence-electron chi connectivity index (χ2n) is 4.14. The average Bonchev–Trinajstić information content (AvgIpc) is 2.36. The van der Waals surface area contributed by atoms with Crippen molar-refractivity contribution in [3.8, 4) is 0 Å². The molecule has 1 aromatic carbocycles. The van der Waals surface area contributed by atoms with Gasteiger partial charge in [0.05, 0.1) is 17.4 Å². The number of carbonyl (C=O) groups is 1. The van der Waals surface area contributed by atoms with Crippen molar-refractivity contribution in [3.05, 3.63) is 50.3 Å². The number of nitrogens with one attached hydrogen (secondary N) is 1. The van der Waals surface area contributed by atoms with Gasteiger partial charge >= 0.3 is 0 Å². The Hall–Kier alpha value is -1.47. The van der Waals surface area contributed by atoms with Gasteiger partial charge in [0.2, 0.25) is 0 Å². The van der Waals surface area contributed by atoms with Gasteiger partial charge in [0, 0.05) is 8.95 Å². The summed E-state index contributed by atoms with van der Waals surface area (Å²) in [7, 11) is 0. The normalized spacial score (nSPS) is 10.4. The Labute approximate surface area is 131 Å². The molecule has 0 atom stereocenters. The van der Waals surface area contributed by atoms with E-state index in [0.717, 1.165) is 17.8 Å². The van der Waals surface area contributed by atoms with E-state index in [4.69, 9.17) is 5.73 Å². The molecule has 0 aliphatic heterocycles. The lowest BCUT2D eigenvalue weighted by Crippen LogP contribution is -2.16. The van der Waals surface area contributed by atoms with Crippen LogP contribution in [0.4, 0.5) is 15.9 Å². The molecule has 0 saturated heterocycles. The zero-order chi connectivity index (χ0) is 14.9. The van der Waals surface area contributed by atoms with Crippen LogP contribution in [0.25, 0.3) is 0 Å². The fraction of sp³-hybridized carbons (Fsp3) is 0.0769. The minimum Gasteiger partial charge on any atom is -0.383 e. The number of amides is 1. The first-order valence-corrected chi connectivity index (χ1v) is 7.15. The Morgan fingerprint density at radius 1 is 1.30 bits per heavy atom. The molecule has 0 radical (unpaired) electrons. The van der Waals surface area contributed by atoms with Crippen LogP contribution in [0.5, 0.6) is 0 Å². The average molecular weight is 403 g/mol. The minimum absolute atomic E-state index is 0.00984. The molecular weight excluding hydrogens is 393 g/mol. The smallest absolute Gasteiger partial charge is 0.259 e. The van der Waals surface area contributed by atoms with Crippen LogP contribution in [0.3, 0.4) is 0 Å². The molecule has 104 valence electrons. The number of nitrogens with zero attached hydrogens (tertiary/aromatic N) is 1. The van der Waals surface area contributed by atoms with Crippen molar-refractivity contribution < 1.29 is 9.18 Å².